The van der Waals surface area contributed by atoms with Gasteiger partial charge in [-0.05, 0) is 75.5 Å². The predicted molar refractivity (Wildman–Crippen MR) is 130 cm³/mol. The first-order valence-electron chi connectivity index (χ1n) is 13.4. The molecule has 0 aliphatic heterocycles. The zero-order valence-electron chi connectivity index (χ0n) is 19.9. The Bertz CT molecular complexity index is 571. The molecule has 2 nitrogen and oxygen atoms in total. The van der Waals surface area contributed by atoms with E-state index in [2.05, 4.69) is 20.0 Å². The van der Waals surface area contributed by atoms with Gasteiger partial charge in [0.25, 0.3) is 0 Å². The molecule has 3 rings (SSSR count). The van der Waals surface area contributed by atoms with E-state index >= 15 is 0 Å². The van der Waals surface area contributed by atoms with Crippen molar-refractivity contribution in [3.8, 4) is 0 Å². The van der Waals surface area contributed by atoms with E-state index < -0.39 is 0 Å². The molecule has 3 heteroatoms. The maximum absolute atomic E-state index is 6.32. The van der Waals surface area contributed by atoms with Crippen LogP contribution < -0.4 is 0 Å². The van der Waals surface area contributed by atoms with E-state index in [0.717, 1.165) is 24.4 Å². The Morgan fingerprint density at radius 1 is 0.833 bits per heavy atom. The first-order valence-corrected chi connectivity index (χ1v) is 14.2. The quantitative estimate of drug-likeness (QED) is 0.274. The fourth-order valence-corrected chi connectivity index (χ4v) is 6.81. The molecule has 4 unspecified atom stereocenters. The number of thiazole rings is 1. The SMILES string of the molecule is CCCCCCCCCCOC1CCC2CC(c3cnc(CCCC)s3)CCC2C1. The summed E-state index contributed by atoms with van der Waals surface area (Å²) in [6, 6.07) is 0. The van der Waals surface area contributed by atoms with Crippen molar-refractivity contribution < 1.29 is 4.74 Å². The molecule has 1 aromatic rings. The molecular formula is C27H47NOS. The van der Waals surface area contributed by atoms with E-state index in [1.54, 1.807) is 4.88 Å². The largest absolute Gasteiger partial charge is 0.378 e. The van der Waals surface area contributed by atoms with Crippen LogP contribution >= 0.6 is 11.3 Å². The maximum Gasteiger partial charge on any atom is 0.0927 e. The van der Waals surface area contributed by atoms with Crippen LogP contribution in [0.3, 0.4) is 0 Å². The fraction of sp³-hybridized carbons (Fsp3) is 0.889. The van der Waals surface area contributed by atoms with E-state index in [-0.39, 0.29) is 0 Å². The lowest BCUT2D eigenvalue weighted by atomic mass is 9.66. The van der Waals surface area contributed by atoms with Gasteiger partial charge in [0.15, 0.2) is 0 Å². The minimum Gasteiger partial charge on any atom is -0.378 e. The highest BCUT2D eigenvalue weighted by Gasteiger charge is 2.36. The average Bonchev–Trinajstić information content (AvgIpc) is 3.25. The molecule has 1 aromatic heterocycles. The van der Waals surface area contributed by atoms with Gasteiger partial charge >= 0.3 is 0 Å². The van der Waals surface area contributed by atoms with Gasteiger partial charge in [0.1, 0.15) is 0 Å². The molecule has 2 saturated carbocycles. The minimum absolute atomic E-state index is 0.552. The van der Waals surface area contributed by atoms with Crippen molar-refractivity contribution in [3.05, 3.63) is 16.1 Å². The molecule has 0 bridgehead atoms. The second-order valence-electron chi connectivity index (χ2n) is 10.1. The smallest absolute Gasteiger partial charge is 0.0927 e. The molecule has 2 aliphatic carbocycles. The molecule has 2 aliphatic rings. The summed E-state index contributed by atoms with van der Waals surface area (Å²) in [5.41, 5.74) is 0. The number of hydrogen-bond donors (Lipinski definition) is 0. The van der Waals surface area contributed by atoms with Crippen LogP contribution in [0, 0.1) is 11.8 Å². The highest BCUT2D eigenvalue weighted by Crippen LogP contribution is 2.47. The topological polar surface area (TPSA) is 22.1 Å². The average molecular weight is 434 g/mol. The molecule has 1 heterocycles. The van der Waals surface area contributed by atoms with Gasteiger partial charge in [-0.2, -0.15) is 0 Å². The number of rotatable bonds is 14. The van der Waals surface area contributed by atoms with Gasteiger partial charge in [-0.25, -0.2) is 4.98 Å². The number of aromatic nitrogens is 1. The Labute approximate surface area is 190 Å². The molecule has 30 heavy (non-hydrogen) atoms. The zero-order chi connectivity index (χ0) is 21.0. The summed E-state index contributed by atoms with van der Waals surface area (Å²) in [5, 5.41) is 1.37. The summed E-state index contributed by atoms with van der Waals surface area (Å²) in [6.07, 6.45) is 25.8. The first-order chi connectivity index (χ1) is 14.8. The first kappa shape index (κ1) is 24.2. The van der Waals surface area contributed by atoms with Gasteiger partial charge in [-0.3, -0.25) is 0 Å². The second-order valence-corrected chi connectivity index (χ2v) is 11.2. The van der Waals surface area contributed by atoms with Crippen LogP contribution in [0.4, 0.5) is 0 Å². The Kier molecular flexibility index (Phi) is 11.2. The highest BCUT2D eigenvalue weighted by molar-refractivity contribution is 7.11. The van der Waals surface area contributed by atoms with Gasteiger partial charge < -0.3 is 4.74 Å². The van der Waals surface area contributed by atoms with Crippen LogP contribution in [0.15, 0.2) is 6.20 Å². The monoisotopic (exact) mass is 433 g/mol. The van der Waals surface area contributed by atoms with Crippen molar-refractivity contribution in [1.29, 1.82) is 0 Å². The third-order valence-corrected chi connectivity index (χ3v) is 8.85. The highest BCUT2D eigenvalue weighted by atomic mass is 32.1. The summed E-state index contributed by atoms with van der Waals surface area (Å²) < 4.78 is 6.32. The Hall–Kier alpha value is -0.410. The van der Waals surface area contributed by atoms with E-state index in [4.69, 9.17) is 9.72 Å². The van der Waals surface area contributed by atoms with Crippen molar-refractivity contribution >= 4 is 11.3 Å². The molecule has 0 N–H and O–H groups in total. The molecule has 0 saturated heterocycles. The van der Waals surface area contributed by atoms with Gasteiger partial charge in [-0.1, -0.05) is 65.2 Å². The van der Waals surface area contributed by atoms with Crippen molar-refractivity contribution in [1.82, 2.24) is 4.98 Å². The maximum atomic E-state index is 6.32. The normalized spacial score (nSPS) is 26.6. The van der Waals surface area contributed by atoms with Crippen molar-refractivity contribution in [3.63, 3.8) is 0 Å². The molecule has 0 spiro atoms. The number of aryl methyl sites for hydroxylation is 1. The van der Waals surface area contributed by atoms with Gasteiger partial charge in [0.2, 0.25) is 0 Å². The minimum atomic E-state index is 0.552. The van der Waals surface area contributed by atoms with Crippen LogP contribution in [-0.4, -0.2) is 17.7 Å². The second kappa shape index (κ2) is 13.9. The zero-order valence-corrected chi connectivity index (χ0v) is 20.7. The van der Waals surface area contributed by atoms with Crippen molar-refractivity contribution in [2.75, 3.05) is 6.61 Å². The number of nitrogens with zero attached hydrogens (tertiary/aromatic N) is 1. The third kappa shape index (κ3) is 7.93. The summed E-state index contributed by atoms with van der Waals surface area (Å²) in [6.45, 7) is 5.56. The van der Waals surface area contributed by atoms with Crippen LogP contribution in [0.1, 0.15) is 132 Å². The van der Waals surface area contributed by atoms with Gasteiger partial charge in [-0.15, -0.1) is 11.3 Å². The van der Waals surface area contributed by atoms with Gasteiger partial charge in [0.05, 0.1) is 11.1 Å². The molecule has 0 radical (unpaired) electrons. The van der Waals surface area contributed by atoms with Crippen molar-refractivity contribution in [2.24, 2.45) is 11.8 Å². The van der Waals surface area contributed by atoms with E-state index in [9.17, 15) is 0 Å². The number of unbranched alkanes of at least 4 members (excludes halogenated alkanes) is 8. The van der Waals surface area contributed by atoms with E-state index in [0.29, 0.717) is 6.10 Å². The molecule has 4 atom stereocenters. The summed E-state index contributed by atoms with van der Waals surface area (Å²) in [7, 11) is 0. The lowest BCUT2D eigenvalue weighted by Crippen LogP contribution is -2.33. The molecule has 0 amide bonds. The van der Waals surface area contributed by atoms with E-state index in [1.807, 2.05) is 11.3 Å². The summed E-state index contributed by atoms with van der Waals surface area (Å²) in [5.74, 6) is 2.65. The number of ether oxygens (including phenoxy) is 1. The Morgan fingerprint density at radius 3 is 2.33 bits per heavy atom. The summed E-state index contributed by atoms with van der Waals surface area (Å²) in [4.78, 5) is 6.29. The molecule has 172 valence electrons. The van der Waals surface area contributed by atoms with Crippen molar-refractivity contribution in [2.45, 2.75) is 135 Å². The number of fused-ring (bicyclic) bond motifs is 1. The lowest BCUT2D eigenvalue weighted by Gasteiger charge is -2.41. The third-order valence-electron chi connectivity index (χ3n) is 7.63. The summed E-state index contributed by atoms with van der Waals surface area (Å²) >= 11 is 2.01. The fourth-order valence-electron chi connectivity index (χ4n) is 5.70. The molecule has 0 aromatic carbocycles. The predicted octanol–water partition coefficient (Wildman–Crippen LogP) is 8.70. The number of hydrogen-bond acceptors (Lipinski definition) is 3. The Morgan fingerprint density at radius 2 is 1.53 bits per heavy atom. The van der Waals surface area contributed by atoms with E-state index in [1.165, 1.54) is 114 Å². The molecular weight excluding hydrogens is 386 g/mol. The van der Waals surface area contributed by atoms with Crippen LogP contribution in [0.5, 0.6) is 0 Å². The van der Waals surface area contributed by atoms with Crippen LogP contribution in [-0.2, 0) is 11.2 Å². The Balaban J connectivity index is 1.28. The molecule has 2 fully saturated rings. The lowest BCUT2D eigenvalue weighted by molar-refractivity contribution is -0.0162. The van der Waals surface area contributed by atoms with Crippen LogP contribution in [0.2, 0.25) is 0 Å². The van der Waals surface area contributed by atoms with Gasteiger partial charge in [0, 0.05) is 17.7 Å². The van der Waals surface area contributed by atoms with Crippen LogP contribution in [0.25, 0.3) is 0 Å². The standard InChI is InChI=1S/C27H47NOS/c1-3-5-7-8-9-10-11-12-18-29-25-17-16-22-19-24(15-14-23(22)20-25)26-21-28-27(30-26)13-6-4-2/h21-25H,3-20H2,1-2H3.